The van der Waals surface area contributed by atoms with Crippen LogP contribution in [0.15, 0.2) is 71.5 Å². The Balaban J connectivity index is 2.15. The Labute approximate surface area is 115 Å². The number of para-hydroxylation sites is 1. The monoisotopic (exact) mass is 260 g/mol. The molecule has 0 bridgehead atoms. The average Bonchev–Trinajstić information content (AvgIpc) is 2.84. The fraction of sp³-hybridized carbons (Fsp3) is 0. The molecule has 0 aliphatic rings. The molecule has 3 heteroatoms. The van der Waals surface area contributed by atoms with Crippen molar-refractivity contribution in [2.75, 3.05) is 0 Å². The highest BCUT2D eigenvalue weighted by Crippen LogP contribution is 2.23. The number of H-pyrrole nitrogens is 1. The maximum Gasteiger partial charge on any atom is 0.272 e. The number of aromatic amines is 1. The summed E-state index contributed by atoms with van der Waals surface area (Å²) in [5.41, 5.74) is 1.82. The Hall–Kier alpha value is -2.81. The largest absolute Gasteiger partial charge is 0.272 e. The normalized spacial score (nSPS) is 11.2. The molecule has 0 radical (unpaired) electrons. The van der Waals surface area contributed by atoms with E-state index in [0.717, 1.165) is 22.0 Å². The van der Waals surface area contributed by atoms with Crippen molar-refractivity contribution in [3.63, 3.8) is 0 Å². The van der Waals surface area contributed by atoms with Gasteiger partial charge >= 0.3 is 0 Å². The van der Waals surface area contributed by atoms with E-state index in [1.807, 2.05) is 53.2 Å². The van der Waals surface area contributed by atoms with Crippen LogP contribution in [0.3, 0.4) is 0 Å². The minimum absolute atomic E-state index is 0.0615. The van der Waals surface area contributed by atoms with Crippen molar-refractivity contribution in [3.05, 3.63) is 77.1 Å². The van der Waals surface area contributed by atoms with Gasteiger partial charge in [0, 0.05) is 5.39 Å². The first-order chi connectivity index (χ1) is 9.84. The van der Waals surface area contributed by atoms with Crippen LogP contribution in [-0.4, -0.2) is 9.78 Å². The first-order valence-electron chi connectivity index (χ1n) is 6.52. The van der Waals surface area contributed by atoms with Crippen molar-refractivity contribution in [3.8, 4) is 5.69 Å². The smallest absolute Gasteiger partial charge is 0.267 e. The third kappa shape index (κ3) is 1.50. The quantitative estimate of drug-likeness (QED) is 0.559. The summed E-state index contributed by atoms with van der Waals surface area (Å²) in [6, 6.07) is 21.9. The van der Waals surface area contributed by atoms with Gasteiger partial charge in [-0.05, 0) is 23.6 Å². The van der Waals surface area contributed by atoms with E-state index in [1.54, 1.807) is 0 Å². The van der Waals surface area contributed by atoms with Crippen LogP contribution in [0, 0.1) is 0 Å². The fourth-order valence-electron chi connectivity index (χ4n) is 2.68. The Morgan fingerprint density at radius 1 is 0.750 bits per heavy atom. The molecule has 4 rings (SSSR count). The lowest BCUT2D eigenvalue weighted by Gasteiger charge is -2.08. The molecule has 1 heterocycles. The minimum atomic E-state index is -0.0615. The molecule has 4 aromatic rings. The minimum Gasteiger partial charge on any atom is -0.267 e. The highest BCUT2D eigenvalue weighted by molar-refractivity contribution is 5.92. The molecule has 0 fully saturated rings. The summed E-state index contributed by atoms with van der Waals surface area (Å²) in [6.07, 6.45) is 0. The van der Waals surface area contributed by atoms with E-state index < -0.39 is 0 Å². The van der Waals surface area contributed by atoms with E-state index in [4.69, 9.17) is 0 Å². The number of rotatable bonds is 1. The van der Waals surface area contributed by atoms with Gasteiger partial charge in [0.1, 0.15) is 0 Å². The van der Waals surface area contributed by atoms with Crippen LogP contribution in [0.1, 0.15) is 0 Å². The Kier molecular flexibility index (Phi) is 2.27. The van der Waals surface area contributed by atoms with Gasteiger partial charge in [-0.15, -0.1) is 0 Å². The van der Waals surface area contributed by atoms with Crippen LogP contribution >= 0.6 is 0 Å². The predicted molar refractivity (Wildman–Crippen MR) is 81.4 cm³/mol. The zero-order chi connectivity index (χ0) is 13.5. The number of hydrogen-bond donors (Lipinski definition) is 1. The van der Waals surface area contributed by atoms with Gasteiger partial charge in [-0.25, -0.2) is 0 Å². The molecule has 96 valence electrons. The van der Waals surface area contributed by atoms with Crippen molar-refractivity contribution in [1.29, 1.82) is 0 Å². The number of benzene rings is 3. The summed E-state index contributed by atoms with van der Waals surface area (Å²) in [7, 11) is 0. The zero-order valence-corrected chi connectivity index (χ0v) is 10.7. The van der Waals surface area contributed by atoms with Gasteiger partial charge in [-0.2, -0.15) is 0 Å². The Morgan fingerprint density at radius 3 is 2.35 bits per heavy atom. The van der Waals surface area contributed by atoms with Gasteiger partial charge in [0.15, 0.2) is 0 Å². The molecule has 20 heavy (non-hydrogen) atoms. The van der Waals surface area contributed by atoms with E-state index in [1.165, 1.54) is 0 Å². The lowest BCUT2D eigenvalue weighted by atomic mass is 10.1. The Morgan fingerprint density at radius 2 is 1.45 bits per heavy atom. The van der Waals surface area contributed by atoms with Crippen LogP contribution in [-0.2, 0) is 0 Å². The first-order valence-corrected chi connectivity index (χ1v) is 6.52. The second-order valence-electron chi connectivity index (χ2n) is 4.79. The van der Waals surface area contributed by atoms with Gasteiger partial charge in [0.05, 0.1) is 16.6 Å². The SMILES string of the molecule is O=c1[nH]n(-c2cccc3ccccc23)c2ccccc12. The van der Waals surface area contributed by atoms with Crippen LogP contribution in [0.2, 0.25) is 0 Å². The summed E-state index contributed by atoms with van der Waals surface area (Å²) in [6.45, 7) is 0. The average molecular weight is 260 g/mol. The molecule has 0 saturated carbocycles. The summed E-state index contributed by atoms with van der Waals surface area (Å²) in [5.74, 6) is 0. The number of nitrogens with zero attached hydrogens (tertiary/aromatic N) is 1. The molecule has 0 saturated heterocycles. The fourth-order valence-corrected chi connectivity index (χ4v) is 2.68. The molecule has 3 aromatic carbocycles. The number of fused-ring (bicyclic) bond motifs is 2. The topological polar surface area (TPSA) is 37.8 Å². The second-order valence-corrected chi connectivity index (χ2v) is 4.79. The summed E-state index contributed by atoms with van der Waals surface area (Å²) in [4.78, 5) is 12.0. The van der Waals surface area contributed by atoms with Gasteiger partial charge in [-0.1, -0.05) is 48.5 Å². The molecule has 3 nitrogen and oxygen atoms in total. The van der Waals surface area contributed by atoms with Crippen LogP contribution in [0.5, 0.6) is 0 Å². The maximum absolute atomic E-state index is 12.0. The number of aromatic nitrogens is 2. The summed E-state index contributed by atoms with van der Waals surface area (Å²) in [5, 5.41) is 5.90. The molecule has 1 aromatic heterocycles. The zero-order valence-electron chi connectivity index (χ0n) is 10.7. The van der Waals surface area contributed by atoms with Gasteiger partial charge < -0.3 is 0 Å². The number of nitrogens with one attached hydrogen (secondary N) is 1. The molecule has 0 aliphatic heterocycles. The molecule has 0 amide bonds. The van der Waals surface area contributed by atoms with Gasteiger partial charge in [0.25, 0.3) is 5.56 Å². The van der Waals surface area contributed by atoms with Gasteiger partial charge in [-0.3, -0.25) is 14.6 Å². The second kappa shape index (κ2) is 4.10. The number of hydrogen-bond acceptors (Lipinski definition) is 1. The van der Waals surface area contributed by atoms with E-state index in [9.17, 15) is 4.79 Å². The van der Waals surface area contributed by atoms with Crippen molar-refractivity contribution in [1.82, 2.24) is 9.78 Å². The van der Waals surface area contributed by atoms with Gasteiger partial charge in [0.2, 0.25) is 0 Å². The van der Waals surface area contributed by atoms with E-state index >= 15 is 0 Å². The summed E-state index contributed by atoms with van der Waals surface area (Å²) >= 11 is 0. The van der Waals surface area contributed by atoms with E-state index in [2.05, 4.69) is 23.3 Å². The summed E-state index contributed by atoms with van der Waals surface area (Å²) < 4.78 is 1.86. The van der Waals surface area contributed by atoms with Crippen molar-refractivity contribution < 1.29 is 0 Å². The standard InChI is InChI=1S/C17H12N2O/c20-17-14-9-3-4-10-16(14)19(18-17)15-11-5-7-12-6-1-2-8-13(12)15/h1-11H,(H,18,20). The molecular formula is C17H12N2O. The molecule has 0 unspecified atom stereocenters. The molecular weight excluding hydrogens is 248 g/mol. The Bertz CT molecular complexity index is 974. The van der Waals surface area contributed by atoms with E-state index in [0.29, 0.717) is 5.39 Å². The third-order valence-electron chi connectivity index (χ3n) is 3.61. The molecule has 1 N–H and O–H groups in total. The molecule has 0 atom stereocenters. The molecule has 0 spiro atoms. The van der Waals surface area contributed by atoms with Crippen molar-refractivity contribution in [2.45, 2.75) is 0 Å². The van der Waals surface area contributed by atoms with Crippen LogP contribution in [0.25, 0.3) is 27.4 Å². The highest BCUT2D eigenvalue weighted by atomic mass is 16.1. The van der Waals surface area contributed by atoms with E-state index in [-0.39, 0.29) is 5.56 Å². The lowest BCUT2D eigenvalue weighted by molar-refractivity contribution is 0.898. The maximum atomic E-state index is 12.0. The van der Waals surface area contributed by atoms with Crippen LogP contribution in [0.4, 0.5) is 0 Å². The first kappa shape index (κ1) is 11.1. The van der Waals surface area contributed by atoms with Crippen molar-refractivity contribution >= 4 is 21.7 Å². The molecule has 0 aliphatic carbocycles. The third-order valence-corrected chi connectivity index (χ3v) is 3.61. The predicted octanol–water partition coefficient (Wildman–Crippen LogP) is 3.47. The highest BCUT2D eigenvalue weighted by Gasteiger charge is 2.09. The lowest BCUT2D eigenvalue weighted by Crippen LogP contribution is -2.04. The van der Waals surface area contributed by atoms with Crippen molar-refractivity contribution in [2.24, 2.45) is 0 Å². The van der Waals surface area contributed by atoms with Crippen LogP contribution < -0.4 is 5.56 Å².